The number of phenolic OH excluding ortho intramolecular Hbond substituents is 1. The van der Waals surface area contributed by atoms with Crippen molar-refractivity contribution < 1.29 is 24.5 Å². The Balaban J connectivity index is 1.39. The van der Waals surface area contributed by atoms with Gasteiger partial charge in [0.1, 0.15) is 18.1 Å². The molecule has 0 saturated heterocycles. The Bertz CT molecular complexity index is 1230. The number of ether oxygens (including phenoxy) is 1. The normalized spacial score (nSPS) is 16.0. The zero-order valence-electron chi connectivity index (χ0n) is 26.3. The summed E-state index contributed by atoms with van der Waals surface area (Å²) in [7, 11) is 0. The van der Waals surface area contributed by atoms with Gasteiger partial charge in [-0.3, -0.25) is 0 Å². The van der Waals surface area contributed by atoms with Gasteiger partial charge in [0.05, 0.1) is 18.8 Å². The van der Waals surface area contributed by atoms with E-state index in [9.17, 15) is 15.3 Å². The Hall–Kier alpha value is -2.78. The molecule has 0 amide bonds. The van der Waals surface area contributed by atoms with Crippen LogP contribution in [0.15, 0.2) is 40.9 Å². The molecule has 1 aliphatic rings. The molecule has 4 rings (SSSR count). The third-order valence-electron chi connectivity index (χ3n) is 8.72. The molecular weight excluding hydrogens is 542 g/mol. The highest BCUT2D eigenvalue weighted by Crippen LogP contribution is 2.38. The molecule has 0 radical (unpaired) electrons. The van der Waals surface area contributed by atoms with Gasteiger partial charge in [0.2, 0.25) is 0 Å². The highest BCUT2D eigenvalue weighted by atomic mass is 16.5. The number of likely N-dealkylation sites (N-methyl/N-ethyl adjacent to an activating group) is 1. The third-order valence-corrected chi connectivity index (χ3v) is 8.72. The largest absolute Gasteiger partial charge is 0.504 e. The van der Waals surface area contributed by atoms with Gasteiger partial charge in [-0.2, -0.15) is 0 Å². The predicted molar refractivity (Wildman–Crippen MR) is 171 cm³/mol. The minimum Gasteiger partial charge on any atom is -0.504 e. The molecule has 0 bridgehead atoms. The van der Waals surface area contributed by atoms with Gasteiger partial charge in [0.25, 0.3) is 0 Å². The average molecular weight is 596 g/mol. The second kappa shape index (κ2) is 16.9. The minimum atomic E-state index is -0.358. The SMILES string of the molecule is CCCCc1oc(CCc2ccc(O)c(OC[C@H](NCC)c3cc([C@H](CNC[C@H](C)O)C4CCCC4)c[nH]3)c2)cc1CO. The lowest BCUT2D eigenvalue weighted by atomic mass is 9.85. The van der Waals surface area contributed by atoms with Gasteiger partial charge in [0, 0.05) is 49.3 Å². The highest BCUT2D eigenvalue weighted by molar-refractivity contribution is 5.42. The summed E-state index contributed by atoms with van der Waals surface area (Å²) < 4.78 is 12.3. The lowest BCUT2D eigenvalue weighted by molar-refractivity contribution is 0.189. The number of H-pyrrole nitrogens is 1. The summed E-state index contributed by atoms with van der Waals surface area (Å²) in [6, 6.07) is 9.70. The molecule has 1 aromatic carbocycles. The number of phenols is 1. The smallest absolute Gasteiger partial charge is 0.161 e. The molecule has 0 unspecified atom stereocenters. The number of benzene rings is 1. The first-order chi connectivity index (χ1) is 20.9. The topological polar surface area (TPSA) is 123 Å². The van der Waals surface area contributed by atoms with Crippen LogP contribution in [0.2, 0.25) is 0 Å². The summed E-state index contributed by atoms with van der Waals surface area (Å²) in [6.45, 7) is 8.66. The van der Waals surface area contributed by atoms with Gasteiger partial charge in [-0.05, 0) is 80.5 Å². The fourth-order valence-electron chi connectivity index (χ4n) is 6.32. The first-order valence-corrected chi connectivity index (χ1v) is 16.4. The van der Waals surface area contributed by atoms with E-state index in [1.807, 2.05) is 25.1 Å². The van der Waals surface area contributed by atoms with E-state index in [4.69, 9.17) is 9.15 Å². The molecule has 3 atom stereocenters. The van der Waals surface area contributed by atoms with Crippen LogP contribution in [0.4, 0.5) is 0 Å². The summed E-state index contributed by atoms with van der Waals surface area (Å²) in [5.41, 5.74) is 4.30. The van der Waals surface area contributed by atoms with Crippen LogP contribution in [-0.4, -0.2) is 52.6 Å². The molecule has 2 heterocycles. The summed E-state index contributed by atoms with van der Waals surface area (Å²) in [5.74, 6) is 3.41. The van der Waals surface area contributed by atoms with Crippen molar-refractivity contribution in [3.63, 3.8) is 0 Å². The van der Waals surface area contributed by atoms with Crippen molar-refractivity contribution in [2.75, 3.05) is 26.2 Å². The lowest BCUT2D eigenvalue weighted by Crippen LogP contribution is -2.31. The third kappa shape index (κ3) is 9.60. The maximum atomic E-state index is 10.6. The van der Waals surface area contributed by atoms with Crippen molar-refractivity contribution >= 4 is 0 Å². The van der Waals surface area contributed by atoms with Gasteiger partial charge in [-0.15, -0.1) is 0 Å². The Labute approximate surface area is 257 Å². The second-order valence-electron chi connectivity index (χ2n) is 12.2. The number of furan rings is 1. The monoisotopic (exact) mass is 595 g/mol. The van der Waals surface area contributed by atoms with Crippen molar-refractivity contribution in [3.05, 3.63) is 70.4 Å². The number of aromatic hydroxyl groups is 1. The zero-order valence-corrected chi connectivity index (χ0v) is 26.3. The molecular formula is C35H53N3O5. The van der Waals surface area contributed by atoms with Crippen LogP contribution in [-0.2, 0) is 25.9 Å². The summed E-state index contributed by atoms with van der Waals surface area (Å²) >= 11 is 0. The zero-order chi connectivity index (χ0) is 30.6. The minimum absolute atomic E-state index is 0.00384. The number of hydrogen-bond donors (Lipinski definition) is 6. The maximum Gasteiger partial charge on any atom is 0.161 e. The van der Waals surface area contributed by atoms with E-state index in [1.54, 1.807) is 6.07 Å². The van der Waals surface area contributed by atoms with Gasteiger partial charge >= 0.3 is 0 Å². The average Bonchev–Trinajstić information content (AvgIpc) is 3.78. The van der Waals surface area contributed by atoms with Crippen LogP contribution in [0.5, 0.6) is 11.5 Å². The van der Waals surface area contributed by atoms with Crippen molar-refractivity contribution in [3.8, 4) is 11.5 Å². The quantitative estimate of drug-likeness (QED) is 0.102. The lowest BCUT2D eigenvalue weighted by Gasteiger charge is -2.24. The van der Waals surface area contributed by atoms with Crippen molar-refractivity contribution in [1.29, 1.82) is 0 Å². The standard InChI is InChI=1S/C35H53N3O5/c1-4-6-11-34-28(22-39)17-29(43-34)14-12-25-13-15-33(41)35(16-25)42-23-32(37-5-2)31-18-27(20-38-31)30(21-36-19-24(3)40)26-9-7-8-10-26/h13,15-18,20,24,26,30,32,36-41H,4-12,14,19,21-23H2,1-3H3/t24-,30+,32-/m0/s1. The maximum absolute atomic E-state index is 10.6. The molecule has 1 aliphatic carbocycles. The summed E-state index contributed by atoms with van der Waals surface area (Å²) in [6.07, 6.45) is 11.3. The second-order valence-corrected chi connectivity index (χ2v) is 12.2. The van der Waals surface area contributed by atoms with E-state index in [-0.39, 0.29) is 24.5 Å². The van der Waals surface area contributed by atoms with Crippen molar-refractivity contribution in [2.24, 2.45) is 5.92 Å². The van der Waals surface area contributed by atoms with Crippen LogP contribution in [0, 0.1) is 5.92 Å². The number of rotatable bonds is 19. The van der Waals surface area contributed by atoms with E-state index < -0.39 is 0 Å². The van der Waals surface area contributed by atoms with Gasteiger partial charge < -0.3 is 40.1 Å². The van der Waals surface area contributed by atoms with Crippen molar-refractivity contribution in [1.82, 2.24) is 15.6 Å². The van der Waals surface area contributed by atoms with E-state index in [0.717, 1.165) is 67.1 Å². The van der Waals surface area contributed by atoms with Crippen LogP contribution >= 0.6 is 0 Å². The first kappa shape index (κ1) is 33.1. The number of aliphatic hydroxyl groups excluding tert-OH is 2. The molecule has 0 aliphatic heterocycles. The number of unbranched alkanes of at least 4 members (excludes halogenated alkanes) is 1. The molecule has 3 aromatic rings. The molecule has 1 saturated carbocycles. The number of aryl methyl sites for hydroxylation is 3. The van der Waals surface area contributed by atoms with E-state index >= 15 is 0 Å². The van der Waals surface area contributed by atoms with Crippen LogP contribution < -0.4 is 15.4 Å². The molecule has 1 fully saturated rings. The fourth-order valence-corrected chi connectivity index (χ4v) is 6.32. The van der Waals surface area contributed by atoms with Gasteiger partial charge in [-0.1, -0.05) is 39.2 Å². The summed E-state index contributed by atoms with van der Waals surface area (Å²) in [5, 5.41) is 37.0. The van der Waals surface area contributed by atoms with Crippen LogP contribution in [0.3, 0.4) is 0 Å². The van der Waals surface area contributed by atoms with Gasteiger partial charge in [-0.25, -0.2) is 0 Å². The predicted octanol–water partition coefficient (Wildman–Crippen LogP) is 5.91. The van der Waals surface area contributed by atoms with E-state index in [1.165, 1.54) is 31.2 Å². The van der Waals surface area contributed by atoms with Gasteiger partial charge in [0.15, 0.2) is 11.5 Å². The number of nitrogens with one attached hydrogen (secondary N) is 3. The molecule has 2 aromatic heterocycles. The molecule has 238 valence electrons. The highest BCUT2D eigenvalue weighted by Gasteiger charge is 2.28. The van der Waals surface area contributed by atoms with E-state index in [0.29, 0.717) is 37.2 Å². The number of aromatic nitrogens is 1. The fraction of sp³-hybridized carbons (Fsp3) is 0.600. The molecule has 43 heavy (non-hydrogen) atoms. The number of aromatic amines is 1. The van der Waals surface area contributed by atoms with Crippen molar-refractivity contribution in [2.45, 2.75) is 103 Å². The molecule has 8 nitrogen and oxygen atoms in total. The van der Waals surface area contributed by atoms with Crippen LogP contribution in [0.25, 0.3) is 0 Å². The first-order valence-electron chi connectivity index (χ1n) is 16.4. The molecule has 0 spiro atoms. The Morgan fingerprint density at radius 1 is 1.07 bits per heavy atom. The number of hydrogen-bond acceptors (Lipinski definition) is 7. The Morgan fingerprint density at radius 3 is 2.60 bits per heavy atom. The Kier molecular flexibility index (Phi) is 13.0. The number of aliphatic hydroxyl groups is 2. The van der Waals surface area contributed by atoms with E-state index in [2.05, 4.69) is 41.7 Å². The Morgan fingerprint density at radius 2 is 1.88 bits per heavy atom. The summed E-state index contributed by atoms with van der Waals surface area (Å²) in [4.78, 5) is 3.51. The van der Waals surface area contributed by atoms with Crippen LogP contribution in [0.1, 0.15) is 105 Å². The molecule has 8 heteroatoms. The molecule has 6 N–H and O–H groups in total.